The molecular formula is C18H17F6N3O5. The van der Waals surface area contributed by atoms with Gasteiger partial charge in [-0.2, -0.15) is 26.3 Å². The van der Waals surface area contributed by atoms with Crippen molar-refractivity contribution in [3.63, 3.8) is 0 Å². The van der Waals surface area contributed by atoms with Crippen LogP contribution in [0.1, 0.15) is 13.8 Å². The minimum absolute atomic E-state index is 0.0925. The van der Waals surface area contributed by atoms with E-state index in [9.17, 15) is 45.8 Å². The summed E-state index contributed by atoms with van der Waals surface area (Å²) in [5, 5.41) is 12.2. The van der Waals surface area contributed by atoms with Crippen LogP contribution in [0.2, 0.25) is 0 Å². The van der Waals surface area contributed by atoms with Crippen LogP contribution in [0.3, 0.4) is 0 Å². The zero-order chi connectivity index (χ0) is 24.5. The molecule has 1 aromatic rings. The minimum atomic E-state index is -5.94. The molecule has 0 radical (unpaired) electrons. The van der Waals surface area contributed by atoms with Crippen LogP contribution < -0.4 is 10.7 Å². The predicted octanol–water partition coefficient (Wildman–Crippen LogP) is 2.87. The largest absolute Gasteiger partial charge is 0.463 e. The molecule has 1 aromatic carbocycles. The van der Waals surface area contributed by atoms with Gasteiger partial charge in [-0.1, -0.05) is 18.2 Å². The summed E-state index contributed by atoms with van der Waals surface area (Å²) in [4.78, 5) is 36.4. The molecule has 0 aromatic heterocycles. The molecule has 0 fully saturated rings. The van der Waals surface area contributed by atoms with Gasteiger partial charge in [0.15, 0.2) is 0 Å². The van der Waals surface area contributed by atoms with Crippen molar-refractivity contribution in [3.05, 3.63) is 41.6 Å². The third kappa shape index (κ3) is 4.49. The van der Waals surface area contributed by atoms with E-state index in [1.165, 1.54) is 31.2 Å². The first-order valence-corrected chi connectivity index (χ1v) is 8.87. The molecule has 2 unspecified atom stereocenters. The molecular weight excluding hydrogens is 452 g/mol. The highest BCUT2D eigenvalue weighted by Gasteiger charge is 2.73. The number of anilines is 1. The van der Waals surface area contributed by atoms with Gasteiger partial charge < -0.3 is 15.2 Å². The third-order valence-corrected chi connectivity index (χ3v) is 4.46. The lowest BCUT2D eigenvalue weighted by Crippen LogP contribution is -2.67. The Morgan fingerprint density at radius 2 is 1.69 bits per heavy atom. The first-order chi connectivity index (χ1) is 14.7. The maximum atomic E-state index is 13.9. The summed E-state index contributed by atoms with van der Waals surface area (Å²) >= 11 is 0. The molecule has 1 heterocycles. The van der Waals surface area contributed by atoms with Crippen LogP contribution in [0.25, 0.3) is 0 Å². The normalized spacial score (nSPS) is 21.4. The van der Waals surface area contributed by atoms with Gasteiger partial charge in [-0.3, -0.25) is 4.79 Å². The molecule has 0 saturated heterocycles. The van der Waals surface area contributed by atoms with E-state index < -0.39 is 64.7 Å². The molecule has 2 rings (SSSR count). The minimum Gasteiger partial charge on any atom is -0.463 e. The molecule has 2 amide bonds. The number of benzene rings is 1. The lowest BCUT2D eigenvalue weighted by molar-refractivity contribution is -0.323. The molecule has 32 heavy (non-hydrogen) atoms. The van der Waals surface area contributed by atoms with Gasteiger partial charge in [-0.05, 0) is 26.0 Å². The van der Waals surface area contributed by atoms with Crippen LogP contribution in [0, 0.1) is 5.92 Å². The Bertz CT molecular complexity index is 931. The smallest absolute Gasteiger partial charge is 0.450 e. The number of hydrogen-bond donors (Lipinski definition) is 3. The summed E-state index contributed by atoms with van der Waals surface area (Å²) < 4.78 is 85.6. The fourth-order valence-corrected chi connectivity index (χ4v) is 3.11. The van der Waals surface area contributed by atoms with Gasteiger partial charge in [0.2, 0.25) is 5.78 Å². The number of carbonyl (C=O) groups is 3. The number of allylic oxidation sites excluding steroid dienone is 1. The average Bonchev–Trinajstić information content (AvgIpc) is 2.90. The van der Waals surface area contributed by atoms with E-state index in [4.69, 9.17) is 0 Å². The van der Waals surface area contributed by atoms with Crippen molar-refractivity contribution in [2.45, 2.75) is 31.9 Å². The summed E-state index contributed by atoms with van der Waals surface area (Å²) in [6, 6.07) is 5.81. The van der Waals surface area contributed by atoms with Crippen LogP contribution in [0.15, 0.2) is 41.6 Å². The predicted molar refractivity (Wildman–Crippen MR) is 95.3 cm³/mol. The number of hydrazine groups is 1. The number of carbonyl (C=O) groups excluding carboxylic acids is 3. The highest BCUT2D eigenvalue weighted by Crippen LogP contribution is 2.51. The Balaban J connectivity index is 2.59. The zero-order valence-electron chi connectivity index (χ0n) is 16.5. The van der Waals surface area contributed by atoms with Crippen LogP contribution in [0.4, 0.5) is 36.8 Å². The van der Waals surface area contributed by atoms with Gasteiger partial charge in [0, 0.05) is 11.4 Å². The molecule has 1 aliphatic rings. The van der Waals surface area contributed by atoms with E-state index in [0.29, 0.717) is 0 Å². The van der Waals surface area contributed by atoms with Crippen molar-refractivity contribution >= 4 is 23.5 Å². The highest BCUT2D eigenvalue weighted by molar-refractivity contribution is 6.02. The number of esters is 1. The van der Waals surface area contributed by atoms with Crippen molar-refractivity contribution in [2.75, 3.05) is 11.9 Å². The van der Waals surface area contributed by atoms with Gasteiger partial charge in [0.05, 0.1) is 12.2 Å². The monoisotopic (exact) mass is 469 g/mol. The van der Waals surface area contributed by atoms with Gasteiger partial charge in [-0.15, -0.1) is 0 Å². The number of Topliss-reactive ketones (excluding diaryl/α,β-unsaturated/α-hetero) is 1. The fraction of sp³-hybridized carbons (Fsp3) is 0.389. The lowest BCUT2D eigenvalue weighted by Gasteiger charge is -2.40. The summed E-state index contributed by atoms with van der Waals surface area (Å²) in [5.41, 5.74) is -5.34. The van der Waals surface area contributed by atoms with Crippen molar-refractivity contribution in [1.29, 1.82) is 0 Å². The van der Waals surface area contributed by atoms with Crippen molar-refractivity contribution in [1.82, 2.24) is 10.4 Å². The topological polar surface area (TPSA) is 108 Å². The van der Waals surface area contributed by atoms with Gasteiger partial charge in [0.1, 0.15) is 5.92 Å². The molecule has 8 nitrogen and oxygen atoms in total. The van der Waals surface area contributed by atoms with E-state index >= 15 is 0 Å². The highest BCUT2D eigenvalue weighted by atomic mass is 19.4. The molecule has 0 spiro atoms. The fourth-order valence-electron chi connectivity index (χ4n) is 3.11. The molecule has 2 atom stereocenters. The number of ether oxygens (including phenoxy) is 1. The van der Waals surface area contributed by atoms with Crippen LogP contribution >= 0.6 is 0 Å². The van der Waals surface area contributed by atoms with Crippen molar-refractivity contribution < 1.29 is 50.6 Å². The molecule has 0 bridgehead atoms. The van der Waals surface area contributed by atoms with E-state index in [1.54, 1.807) is 11.5 Å². The second-order valence-electron chi connectivity index (χ2n) is 6.51. The number of hydrogen-bond acceptors (Lipinski definition) is 6. The van der Waals surface area contributed by atoms with E-state index in [1.807, 2.05) is 0 Å². The number of urea groups is 1. The maximum absolute atomic E-state index is 13.9. The summed E-state index contributed by atoms with van der Waals surface area (Å²) in [6.07, 6.45) is -11.8. The SMILES string of the molecule is CCOC(=O)C1=C(C)N(NC(=O)Nc2ccccc2)C(O)(C(F)(F)F)C1C(=O)C(F)(F)F. The van der Waals surface area contributed by atoms with Crippen LogP contribution in [0.5, 0.6) is 0 Å². The molecule has 1 aliphatic heterocycles. The van der Waals surface area contributed by atoms with E-state index in [-0.39, 0.29) is 5.69 Å². The Morgan fingerprint density at radius 3 is 2.16 bits per heavy atom. The number of halogens is 6. The summed E-state index contributed by atoms with van der Waals surface area (Å²) in [6.45, 7) is 1.49. The number of alkyl halides is 6. The number of rotatable bonds is 5. The molecule has 3 N–H and O–H groups in total. The maximum Gasteiger partial charge on any atom is 0.450 e. The van der Waals surface area contributed by atoms with Crippen molar-refractivity contribution in [3.8, 4) is 0 Å². The zero-order valence-corrected chi connectivity index (χ0v) is 16.5. The first kappa shape index (κ1) is 25.0. The van der Waals surface area contributed by atoms with Gasteiger partial charge >= 0.3 is 24.4 Å². The Kier molecular flexibility index (Phi) is 6.78. The number of nitrogens with one attached hydrogen (secondary N) is 2. The molecule has 14 heteroatoms. The number of aliphatic hydroxyl groups is 1. The number of ketones is 1. The van der Waals surface area contributed by atoms with Crippen LogP contribution in [-0.2, 0) is 14.3 Å². The van der Waals surface area contributed by atoms with Crippen molar-refractivity contribution in [2.24, 2.45) is 5.92 Å². The lowest BCUT2D eigenvalue weighted by atomic mass is 9.86. The average molecular weight is 469 g/mol. The second-order valence-corrected chi connectivity index (χ2v) is 6.51. The molecule has 176 valence electrons. The van der Waals surface area contributed by atoms with Gasteiger partial charge in [0.25, 0.3) is 5.72 Å². The summed E-state index contributed by atoms with van der Waals surface area (Å²) in [7, 11) is 0. The second kappa shape index (κ2) is 8.68. The van der Waals surface area contributed by atoms with Crippen LogP contribution in [-0.4, -0.2) is 52.6 Å². The van der Waals surface area contributed by atoms with E-state index in [0.717, 1.165) is 6.92 Å². The van der Waals surface area contributed by atoms with Gasteiger partial charge in [-0.25, -0.2) is 20.0 Å². The Labute approximate surface area is 176 Å². The number of nitrogens with zero attached hydrogens (tertiary/aromatic N) is 1. The quantitative estimate of drug-likeness (QED) is 0.452. The Hall–Kier alpha value is -3.29. The first-order valence-electron chi connectivity index (χ1n) is 8.87. The Morgan fingerprint density at radius 1 is 1.12 bits per heavy atom. The number of para-hydroxylation sites is 1. The number of amides is 2. The van der Waals surface area contributed by atoms with E-state index in [2.05, 4.69) is 10.1 Å². The standard InChI is InChI=1S/C18H17F6N3O5/c1-3-32-14(29)11-9(2)27(26-15(30)25-10-7-5-4-6-8-10)16(31,18(22,23)24)12(11)13(28)17(19,20)21/h4-8,12,31H,3H2,1-2H3,(H2,25,26,30). The molecule has 0 saturated carbocycles. The third-order valence-electron chi connectivity index (χ3n) is 4.46. The molecule has 0 aliphatic carbocycles. The summed E-state index contributed by atoms with van der Waals surface area (Å²) in [5.74, 6) is -8.21.